The van der Waals surface area contributed by atoms with Gasteiger partial charge in [-0.05, 0) is 30.4 Å². The van der Waals surface area contributed by atoms with Crippen LogP contribution in [0.25, 0.3) is 0 Å². The molecule has 0 atom stereocenters. The Balaban J connectivity index is 2.65. The molecule has 1 heterocycles. The van der Waals surface area contributed by atoms with Crippen LogP contribution in [0.3, 0.4) is 0 Å². The second-order valence-electron chi connectivity index (χ2n) is 3.97. The van der Waals surface area contributed by atoms with E-state index < -0.39 is 36.9 Å². The number of sulfone groups is 1. The molecule has 0 aliphatic rings. The minimum absolute atomic E-state index is 0.0945. The van der Waals surface area contributed by atoms with Crippen LogP contribution in [0.1, 0.15) is 5.56 Å². The topological polar surface area (TPSA) is 82.8 Å². The van der Waals surface area contributed by atoms with Gasteiger partial charge in [0.2, 0.25) is 9.84 Å². The molecule has 0 aliphatic heterocycles. The summed E-state index contributed by atoms with van der Waals surface area (Å²) in [5, 5.41) is 0. The highest BCUT2D eigenvalue weighted by Crippen LogP contribution is 2.31. The highest BCUT2D eigenvalue weighted by atomic mass is 32.2. The van der Waals surface area contributed by atoms with Crippen molar-refractivity contribution in [3.05, 3.63) is 51.2 Å². The Bertz CT molecular complexity index is 898. The number of halogens is 3. The Morgan fingerprint density at radius 2 is 1.86 bits per heavy atom. The number of benzene rings is 1. The quantitative estimate of drug-likeness (QED) is 0.824. The van der Waals surface area contributed by atoms with E-state index in [2.05, 4.69) is 22.2 Å². The lowest BCUT2D eigenvalue weighted by atomic mass is 10.2. The van der Waals surface area contributed by atoms with Gasteiger partial charge in [0, 0.05) is 6.20 Å². The van der Waals surface area contributed by atoms with Crippen LogP contribution in [0.2, 0.25) is 0 Å². The van der Waals surface area contributed by atoms with Gasteiger partial charge in [-0.3, -0.25) is 9.78 Å². The van der Waals surface area contributed by atoms with Crippen molar-refractivity contribution in [3.8, 4) is 0 Å². The van der Waals surface area contributed by atoms with E-state index in [4.69, 9.17) is 0 Å². The van der Waals surface area contributed by atoms with E-state index in [9.17, 15) is 26.4 Å². The lowest BCUT2D eigenvalue weighted by molar-refractivity contribution is -0.137. The molecule has 112 valence electrons. The summed E-state index contributed by atoms with van der Waals surface area (Å²) in [5.74, 6) is 0. The Hall–Kier alpha value is -1.94. The molecule has 5 nitrogen and oxygen atoms in total. The molecule has 0 fully saturated rings. The van der Waals surface area contributed by atoms with Gasteiger partial charge in [0.25, 0.3) is 5.56 Å². The van der Waals surface area contributed by atoms with Crippen LogP contribution in [-0.2, 0) is 16.0 Å². The molecule has 1 aromatic carbocycles. The molecule has 0 amide bonds. The Kier molecular flexibility index (Phi) is 3.76. The molecule has 0 spiro atoms. The average molecular weight is 336 g/mol. The average Bonchev–Trinajstić information content (AvgIpc) is 2.37. The summed E-state index contributed by atoms with van der Waals surface area (Å²) in [6.45, 7) is 0. The third-order valence-corrected chi connectivity index (χ3v) is 4.52. The SMILES string of the molecule is O=c1[nH]c(=S)[nH]cc1S(=O)(=O)c1cccc(C(F)(F)F)c1. The summed E-state index contributed by atoms with van der Waals surface area (Å²) in [5.41, 5.74) is -2.12. The van der Waals surface area contributed by atoms with Crippen LogP contribution in [-0.4, -0.2) is 18.4 Å². The maximum Gasteiger partial charge on any atom is 0.416 e. The number of aromatic nitrogens is 2. The predicted octanol–water partition coefficient (Wildman–Crippen LogP) is 2.28. The molecule has 10 heteroatoms. The van der Waals surface area contributed by atoms with Gasteiger partial charge in [-0.1, -0.05) is 6.07 Å². The highest BCUT2D eigenvalue weighted by Gasteiger charge is 2.32. The van der Waals surface area contributed by atoms with Crippen LogP contribution >= 0.6 is 12.2 Å². The monoisotopic (exact) mass is 336 g/mol. The van der Waals surface area contributed by atoms with Crippen molar-refractivity contribution >= 4 is 22.1 Å². The first kappa shape index (κ1) is 15.4. The van der Waals surface area contributed by atoms with Crippen LogP contribution in [0.4, 0.5) is 13.2 Å². The summed E-state index contributed by atoms with van der Waals surface area (Å²) in [6, 6.07) is 3.14. The third kappa shape index (κ3) is 3.05. The summed E-state index contributed by atoms with van der Waals surface area (Å²) in [4.78, 5) is 14.6. The molecule has 0 saturated heterocycles. The number of nitrogens with one attached hydrogen (secondary N) is 2. The largest absolute Gasteiger partial charge is 0.416 e. The van der Waals surface area contributed by atoms with E-state index in [1.54, 1.807) is 0 Å². The zero-order valence-corrected chi connectivity index (χ0v) is 11.7. The number of hydrogen-bond acceptors (Lipinski definition) is 4. The van der Waals surface area contributed by atoms with E-state index in [-0.39, 0.29) is 4.77 Å². The first-order valence-corrected chi connectivity index (χ1v) is 7.26. The summed E-state index contributed by atoms with van der Waals surface area (Å²) < 4.78 is 62.1. The zero-order chi connectivity index (χ0) is 15.8. The maximum atomic E-state index is 12.6. The molecule has 2 rings (SSSR count). The normalized spacial score (nSPS) is 12.3. The minimum Gasteiger partial charge on any atom is -0.337 e. The third-order valence-electron chi connectivity index (χ3n) is 2.55. The fraction of sp³-hybridized carbons (Fsp3) is 0.0909. The molecule has 1 aromatic heterocycles. The van der Waals surface area contributed by atoms with Crippen LogP contribution in [0, 0.1) is 4.77 Å². The Labute approximate surface area is 121 Å². The molecule has 2 N–H and O–H groups in total. The second kappa shape index (κ2) is 5.11. The summed E-state index contributed by atoms with van der Waals surface area (Å²) in [6.07, 6.45) is -3.84. The molecule has 21 heavy (non-hydrogen) atoms. The lowest BCUT2D eigenvalue weighted by Gasteiger charge is -2.09. The van der Waals surface area contributed by atoms with Crippen LogP contribution in [0.5, 0.6) is 0 Å². The minimum atomic E-state index is -4.69. The molecular weight excluding hydrogens is 329 g/mol. The molecular formula is C11H7F3N2O3S2. The van der Waals surface area contributed by atoms with Gasteiger partial charge in [-0.2, -0.15) is 13.2 Å². The van der Waals surface area contributed by atoms with E-state index in [1.165, 1.54) is 0 Å². The lowest BCUT2D eigenvalue weighted by Crippen LogP contribution is -2.19. The van der Waals surface area contributed by atoms with Crippen molar-refractivity contribution in [2.75, 3.05) is 0 Å². The highest BCUT2D eigenvalue weighted by molar-refractivity contribution is 7.91. The van der Waals surface area contributed by atoms with Gasteiger partial charge in [0.15, 0.2) is 9.67 Å². The van der Waals surface area contributed by atoms with E-state index >= 15 is 0 Å². The van der Waals surface area contributed by atoms with Crippen molar-refractivity contribution < 1.29 is 21.6 Å². The van der Waals surface area contributed by atoms with Gasteiger partial charge in [0.1, 0.15) is 0 Å². The number of H-pyrrole nitrogens is 2. The van der Waals surface area contributed by atoms with Crippen LogP contribution < -0.4 is 5.56 Å². The summed E-state index contributed by atoms with van der Waals surface area (Å²) >= 11 is 4.61. The van der Waals surface area contributed by atoms with Gasteiger partial charge < -0.3 is 4.98 Å². The predicted molar refractivity (Wildman–Crippen MR) is 69.1 cm³/mol. The molecule has 2 aromatic rings. The van der Waals surface area contributed by atoms with Crippen molar-refractivity contribution in [2.45, 2.75) is 16.0 Å². The van der Waals surface area contributed by atoms with Crippen molar-refractivity contribution in [2.24, 2.45) is 0 Å². The molecule has 0 radical (unpaired) electrons. The smallest absolute Gasteiger partial charge is 0.337 e. The number of alkyl halides is 3. The first-order valence-electron chi connectivity index (χ1n) is 5.37. The van der Waals surface area contributed by atoms with Gasteiger partial charge in [-0.15, -0.1) is 0 Å². The zero-order valence-electron chi connectivity index (χ0n) is 10.1. The Morgan fingerprint density at radius 3 is 2.43 bits per heavy atom. The van der Waals surface area contributed by atoms with Gasteiger partial charge >= 0.3 is 6.18 Å². The van der Waals surface area contributed by atoms with Crippen LogP contribution in [0.15, 0.2) is 45.0 Å². The number of aromatic amines is 2. The molecule has 0 saturated carbocycles. The van der Waals surface area contributed by atoms with Gasteiger partial charge in [0.05, 0.1) is 10.5 Å². The first-order chi connectivity index (χ1) is 9.62. The van der Waals surface area contributed by atoms with E-state index in [0.29, 0.717) is 6.07 Å². The fourth-order valence-corrected chi connectivity index (χ4v) is 3.02. The Morgan fingerprint density at radius 1 is 1.19 bits per heavy atom. The van der Waals surface area contributed by atoms with Crippen molar-refractivity contribution in [3.63, 3.8) is 0 Å². The van der Waals surface area contributed by atoms with Gasteiger partial charge in [-0.25, -0.2) is 8.42 Å². The van der Waals surface area contributed by atoms with Crippen molar-refractivity contribution in [1.29, 1.82) is 0 Å². The van der Waals surface area contributed by atoms with E-state index in [0.717, 1.165) is 24.4 Å². The fourth-order valence-electron chi connectivity index (χ4n) is 1.56. The second-order valence-corrected chi connectivity index (χ2v) is 6.29. The maximum absolute atomic E-state index is 12.6. The van der Waals surface area contributed by atoms with Crippen molar-refractivity contribution in [1.82, 2.24) is 9.97 Å². The molecule has 0 aliphatic carbocycles. The molecule has 0 unspecified atom stereocenters. The molecule has 0 bridgehead atoms. The standard InChI is InChI=1S/C11H7F3N2O3S2/c12-11(13,14)6-2-1-3-7(4-6)21(18,19)8-5-15-10(20)16-9(8)17/h1-5H,(H2,15,16,17,20). The number of rotatable bonds is 2. The van der Waals surface area contributed by atoms with E-state index in [1.807, 2.05) is 0 Å². The number of hydrogen-bond donors (Lipinski definition) is 2. The summed E-state index contributed by atoms with van der Waals surface area (Å²) in [7, 11) is -4.39.